The fraction of sp³-hybridized carbons (Fsp3) is 0.529. The van der Waals surface area contributed by atoms with Gasteiger partial charge in [0.05, 0.1) is 5.41 Å². The Morgan fingerprint density at radius 3 is 2.57 bits per heavy atom. The Morgan fingerprint density at radius 2 is 1.96 bits per heavy atom. The van der Waals surface area contributed by atoms with E-state index in [0.717, 1.165) is 15.7 Å². The molecule has 23 heavy (non-hydrogen) atoms. The molecule has 0 aromatic heterocycles. The van der Waals surface area contributed by atoms with E-state index in [0.29, 0.717) is 25.9 Å². The molecule has 2 heterocycles. The molecule has 0 unspecified atom stereocenters. The van der Waals surface area contributed by atoms with Crippen LogP contribution in [-0.2, 0) is 14.9 Å². The van der Waals surface area contributed by atoms with Crippen LogP contribution in [0.1, 0.15) is 39.2 Å². The molecule has 0 saturated carbocycles. The third kappa shape index (κ3) is 2.96. The predicted molar refractivity (Wildman–Crippen MR) is 91.5 cm³/mol. The molecule has 2 amide bonds. The van der Waals surface area contributed by atoms with E-state index in [4.69, 9.17) is 4.74 Å². The highest BCUT2D eigenvalue weighted by atomic mass is 79.9. The summed E-state index contributed by atoms with van der Waals surface area (Å²) in [7, 11) is 0. The fourth-order valence-electron chi connectivity index (χ4n) is 3.30. The largest absolute Gasteiger partial charge is 0.444 e. The van der Waals surface area contributed by atoms with Crippen LogP contribution in [0.5, 0.6) is 0 Å². The highest BCUT2D eigenvalue weighted by Crippen LogP contribution is 2.45. The summed E-state index contributed by atoms with van der Waals surface area (Å²) in [6, 6.07) is 5.89. The molecule has 0 radical (unpaired) electrons. The molecule has 0 aliphatic carbocycles. The minimum Gasteiger partial charge on any atom is -0.444 e. The number of halogens is 1. The summed E-state index contributed by atoms with van der Waals surface area (Å²) in [5.74, 6) is 0.0365. The first kappa shape index (κ1) is 16.3. The number of hydrogen-bond acceptors (Lipinski definition) is 3. The average molecular weight is 381 g/mol. The number of hydrogen-bond donors (Lipinski definition) is 1. The monoisotopic (exact) mass is 380 g/mol. The second-order valence-corrected chi connectivity index (χ2v) is 8.11. The van der Waals surface area contributed by atoms with E-state index < -0.39 is 11.0 Å². The molecular formula is C17H21BrN2O3. The minimum atomic E-state index is -0.519. The van der Waals surface area contributed by atoms with Gasteiger partial charge in [0.25, 0.3) is 0 Å². The molecule has 1 aromatic carbocycles. The Labute approximate surface area is 144 Å². The lowest BCUT2D eigenvalue weighted by molar-refractivity contribution is -0.122. The molecule has 2 aliphatic rings. The molecule has 1 spiro atoms. The van der Waals surface area contributed by atoms with E-state index in [9.17, 15) is 9.59 Å². The number of nitrogens with zero attached hydrogens (tertiary/aromatic N) is 1. The Hall–Kier alpha value is -1.56. The van der Waals surface area contributed by atoms with Crippen molar-refractivity contribution in [3.8, 4) is 0 Å². The van der Waals surface area contributed by atoms with Gasteiger partial charge in [0.1, 0.15) is 5.60 Å². The topological polar surface area (TPSA) is 58.6 Å². The number of ether oxygens (including phenoxy) is 1. The number of nitrogens with one attached hydrogen (secondary N) is 1. The van der Waals surface area contributed by atoms with Crippen LogP contribution in [0.25, 0.3) is 0 Å². The summed E-state index contributed by atoms with van der Waals surface area (Å²) in [5, 5.41) is 2.98. The van der Waals surface area contributed by atoms with Crippen molar-refractivity contribution in [3.63, 3.8) is 0 Å². The molecular weight excluding hydrogens is 360 g/mol. The number of benzene rings is 1. The number of carbonyl (C=O) groups is 2. The van der Waals surface area contributed by atoms with E-state index in [1.54, 1.807) is 4.90 Å². The van der Waals surface area contributed by atoms with Crippen LogP contribution in [-0.4, -0.2) is 35.6 Å². The van der Waals surface area contributed by atoms with Gasteiger partial charge in [-0.15, -0.1) is 0 Å². The van der Waals surface area contributed by atoms with E-state index in [1.807, 2.05) is 39.0 Å². The SMILES string of the molecule is CC(C)(C)OC(=O)N1CCC2(CC1)C(=O)Nc1cc(Br)ccc12. The van der Waals surface area contributed by atoms with Gasteiger partial charge in [-0.05, 0) is 51.3 Å². The van der Waals surface area contributed by atoms with Crippen molar-refractivity contribution >= 4 is 33.6 Å². The predicted octanol–water partition coefficient (Wildman–Crippen LogP) is 3.67. The smallest absolute Gasteiger partial charge is 0.410 e. The maximum absolute atomic E-state index is 12.6. The van der Waals surface area contributed by atoms with Crippen molar-refractivity contribution in [2.45, 2.75) is 44.6 Å². The Balaban J connectivity index is 1.76. The highest BCUT2D eigenvalue weighted by molar-refractivity contribution is 9.10. The van der Waals surface area contributed by atoms with Gasteiger partial charge in [-0.3, -0.25) is 4.79 Å². The lowest BCUT2D eigenvalue weighted by Gasteiger charge is -2.38. The molecule has 5 nitrogen and oxygen atoms in total. The summed E-state index contributed by atoms with van der Waals surface area (Å²) in [6.07, 6.45) is 0.932. The molecule has 0 atom stereocenters. The number of carbonyl (C=O) groups excluding carboxylic acids is 2. The molecule has 0 bridgehead atoms. The summed E-state index contributed by atoms with van der Waals surface area (Å²) in [6.45, 7) is 6.62. The standard InChI is InChI=1S/C17H21BrN2O3/c1-16(2,3)23-15(22)20-8-6-17(7-9-20)12-5-4-11(18)10-13(12)19-14(17)21/h4-5,10H,6-9H2,1-3H3,(H,19,21). The molecule has 3 rings (SSSR count). The van der Waals surface area contributed by atoms with Crippen molar-refractivity contribution in [1.29, 1.82) is 0 Å². The molecule has 2 aliphatic heterocycles. The number of likely N-dealkylation sites (tertiary alicyclic amines) is 1. The first-order valence-electron chi connectivity index (χ1n) is 7.81. The maximum atomic E-state index is 12.6. The zero-order valence-electron chi connectivity index (χ0n) is 13.6. The van der Waals surface area contributed by atoms with Crippen LogP contribution in [0.4, 0.5) is 10.5 Å². The second-order valence-electron chi connectivity index (χ2n) is 7.19. The summed E-state index contributed by atoms with van der Waals surface area (Å²) >= 11 is 3.43. The summed E-state index contributed by atoms with van der Waals surface area (Å²) in [5.41, 5.74) is 0.884. The van der Waals surface area contributed by atoms with Crippen molar-refractivity contribution < 1.29 is 14.3 Å². The zero-order chi connectivity index (χ0) is 16.8. The summed E-state index contributed by atoms with van der Waals surface area (Å²) in [4.78, 5) is 26.4. The van der Waals surface area contributed by atoms with Crippen LogP contribution in [0.3, 0.4) is 0 Å². The van der Waals surface area contributed by atoms with Crippen LogP contribution in [0.2, 0.25) is 0 Å². The van der Waals surface area contributed by atoms with Gasteiger partial charge in [-0.25, -0.2) is 4.79 Å². The molecule has 1 fully saturated rings. The van der Waals surface area contributed by atoms with Gasteiger partial charge in [0.2, 0.25) is 5.91 Å². The Morgan fingerprint density at radius 1 is 1.30 bits per heavy atom. The number of amides is 2. The fourth-order valence-corrected chi connectivity index (χ4v) is 3.66. The number of fused-ring (bicyclic) bond motifs is 2. The van der Waals surface area contributed by atoms with E-state index in [-0.39, 0.29) is 12.0 Å². The van der Waals surface area contributed by atoms with Crippen molar-refractivity contribution in [2.75, 3.05) is 18.4 Å². The second kappa shape index (κ2) is 5.51. The van der Waals surface area contributed by atoms with Gasteiger partial charge < -0.3 is 15.0 Å². The third-order valence-electron chi connectivity index (χ3n) is 4.45. The van der Waals surface area contributed by atoms with E-state index >= 15 is 0 Å². The Bertz CT molecular complexity index is 658. The lowest BCUT2D eigenvalue weighted by Crippen LogP contribution is -2.49. The minimum absolute atomic E-state index is 0.0365. The number of rotatable bonds is 0. The van der Waals surface area contributed by atoms with Gasteiger partial charge >= 0.3 is 6.09 Å². The molecule has 6 heteroatoms. The zero-order valence-corrected chi connectivity index (χ0v) is 15.2. The number of piperidine rings is 1. The van der Waals surface area contributed by atoms with Crippen molar-refractivity contribution in [2.24, 2.45) is 0 Å². The quantitative estimate of drug-likeness (QED) is 0.746. The highest BCUT2D eigenvalue weighted by Gasteiger charge is 2.49. The van der Waals surface area contributed by atoms with Gasteiger partial charge in [-0.2, -0.15) is 0 Å². The normalized spacial score (nSPS) is 19.5. The molecule has 1 aromatic rings. The lowest BCUT2D eigenvalue weighted by atomic mass is 9.74. The van der Waals surface area contributed by atoms with Gasteiger partial charge in [0.15, 0.2) is 0 Å². The number of anilines is 1. The first-order valence-corrected chi connectivity index (χ1v) is 8.60. The van der Waals surface area contributed by atoms with E-state index in [1.165, 1.54) is 0 Å². The van der Waals surface area contributed by atoms with Crippen molar-refractivity contribution in [3.05, 3.63) is 28.2 Å². The maximum Gasteiger partial charge on any atom is 0.410 e. The molecule has 1 N–H and O–H groups in total. The molecule has 124 valence electrons. The first-order chi connectivity index (χ1) is 10.7. The third-order valence-corrected chi connectivity index (χ3v) is 4.94. The Kier molecular flexibility index (Phi) is 3.91. The van der Waals surface area contributed by atoms with E-state index in [2.05, 4.69) is 21.2 Å². The molecule has 1 saturated heterocycles. The van der Waals surface area contributed by atoms with Crippen LogP contribution < -0.4 is 5.32 Å². The van der Waals surface area contributed by atoms with Crippen LogP contribution >= 0.6 is 15.9 Å². The van der Waals surface area contributed by atoms with Crippen LogP contribution in [0, 0.1) is 0 Å². The van der Waals surface area contributed by atoms with Crippen LogP contribution in [0.15, 0.2) is 22.7 Å². The van der Waals surface area contributed by atoms with Gasteiger partial charge in [-0.1, -0.05) is 22.0 Å². The average Bonchev–Trinajstić information content (AvgIpc) is 2.70. The van der Waals surface area contributed by atoms with Crippen molar-refractivity contribution in [1.82, 2.24) is 4.90 Å². The summed E-state index contributed by atoms with van der Waals surface area (Å²) < 4.78 is 6.36. The van der Waals surface area contributed by atoms with Gasteiger partial charge in [0, 0.05) is 23.2 Å².